The van der Waals surface area contributed by atoms with E-state index in [2.05, 4.69) is 4.18 Å². The Morgan fingerprint density at radius 2 is 1.79 bits per heavy atom. The lowest BCUT2D eigenvalue weighted by Crippen LogP contribution is -2.11. The van der Waals surface area contributed by atoms with Gasteiger partial charge in [0.25, 0.3) is 0 Å². The van der Waals surface area contributed by atoms with Crippen LogP contribution in [-0.2, 0) is 10.1 Å². The summed E-state index contributed by atoms with van der Waals surface area (Å²) in [7, 11) is -4.38. The van der Waals surface area contributed by atoms with Crippen molar-refractivity contribution in [3.63, 3.8) is 0 Å². The van der Waals surface area contributed by atoms with E-state index in [0.717, 1.165) is 24.3 Å². The zero-order valence-corrected chi connectivity index (χ0v) is 10.9. The van der Waals surface area contributed by atoms with Gasteiger partial charge in [0.2, 0.25) is 0 Å². The van der Waals surface area contributed by atoms with Gasteiger partial charge in [0, 0.05) is 11.1 Å². The molecule has 0 aliphatic heterocycles. The third kappa shape index (κ3) is 3.21. The van der Waals surface area contributed by atoms with Gasteiger partial charge < -0.3 is 4.18 Å². The Balaban J connectivity index is 2.38. The van der Waals surface area contributed by atoms with Crippen molar-refractivity contribution in [2.75, 3.05) is 0 Å². The number of rotatable bonds is 3. The molecule has 0 aliphatic carbocycles. The van der Waals surface area contributed by atoms with Gasteiger partial charge in [-0.15, -0.1) is 0 Å². The zero-order chi connectivity index (χ0) is 14.0. The summed E-state index contributed by atoms with van der Waals surface area (Å²) in [6.45, 7) is 0. The Bertz CT molecular complexity index is 717. The summed E-state index contributed by atoms with van der Waals surface area (Å²) in [6.07, 6.45) is 0. The molecule has 0 amide bonds. The fourth-order valence-corrected chi connectivity index (χ4v) is 2.51. The monoisotopic (exact) mass is 304 g/mol. The van der Waals surface area contributed by atoms with Gasteiger partial charge in [-0.3, -0.25) is 0 Å². The van der Waals surface area contributed by atoms with E-state index < -0.39 is 26.6 Å². The molecule has 0 aromatic heterocycles. The van der Waals surface area contributed by atoms with Crippen LogP contribution < -0.4 is 4.18 Å². The highest BCUT2D eigenvalue weighted by Crippen LogP contribution is 2.23. The van der Waals surface area contributed by atoms with Crippen LogP contribution in [-0.4, -0.2) is 8.42 Å². The molecule has 0 atom stereocenters. The van der Waals surface area contributed by atoms with Crippen molar-refractivity contribution >= 4 is 21.7 Å². The summed E-state index contributed by atoms with van der Waals surface area (Å²) < 4.78 is 54.7. The van der Waals surface area contributed by atoms with Gasteiger partial charge in [-0.05, 0) is 30.3 Å². The van der Waals surface area contributed by atoms with E-state index >= 15 is 0 Å². The molecule has 0 saturated carbocycles. The molecule has 3 nitrogen and oxygen atoms in total. The highest BCUT2D eigenvalue weighted by molar-refractivity contribution is 7.87. The van der Waals surface area contributed by atoms with Crippen LogP contribution in [0.2, 0.25) is 5.02 Å². The summed E-state index contributed by atoms with van der Waals surface area (Å²) in [4.78, 5) is -0.666. The maximum Gasteiger partial charge on any atom is 0.342 e. The van der Waals surface area contributed by atoms with Crippen molar-refractivity contribution in [1.82, 2.24) is 0 Å². The molecule has 7 heteroatoms. The average Bonchev–Trinajstić information content (AvgIpc) is 2.27. The second kappa shape index (κ2) is 5.14. The molecule has 0 aliphatic rings. The molecule has 0 radical (unpaired) electrons. The van der Waals surface area contributed by atoms with Gasteiger partial charge in [-0.1, -0.05) is 17.7 Å². The van der Waals surface area contributed by atoms with Gasteiger partial charge in [0.1, 0.15) is 22.3 Å². The molecule has 19 heavy (non-hydrogen) atoms. The molecule has 0 bridgehead atoms. The van der Waals surface area contributed by atoms with Crippen LogP contribution in [0.4, 0.5) is 8.78 Å². The predicted molar refractivity (Wildman–Crippen MR) is 65.6 cm³/mol. The van der Waals surface area contributed by atoms with E-state index in [1.165, 1.54) is 18.2 Å². The van der Waals surface area contributed by atoms with Gasteiger partial charge >= 0.3 is 10.1 Å². The van der Waals surface area contributed by atoms with Crippen LogP contribution in [0, 0.1) is 11.6 Å². The van der Waals surface area contributed by atoms with Crippen LogP contribution in [0.15, 0.2) is 47.4 Å². The predicted octanol–water partition coefficient (Wildman–Crippen LogP) is 3.39. The second-order valence-corrected chi connectivity index (χ2v) is 5.52. The van der Waals surface area contributed by atoms with Crippen LogP contribution in [0.1, 0.15) is 0 Å². The summed E-state index contributed by atoms with van der Waals surface area (Å²) in [5.74, 6) is -1.94. The van der Waals surface area contributed by atoms with Gasteiger partial charge in [-0.2, -0.15) is 8.42 Å². The smallest absolute Gasteiger partial charge is 0.342 e. The number of halogens is 3. The first-order valence-corrected chi connectivity index (χ1v) is 6.82. The van der Waals surface area contributed by atoms with Gasteiger partial charge in [-0.25, -0.2) is 8.78 Å². The van der Waals surface area contributed by atoms with E-state index in [1.54, 1.807) is 0 Å². The first kappa shape index (κ1) is 13.8. The van der Waals surface area contributed by atoms with Crippen molar-refractivity contribution in [2.45, 2.75) is 4.90 Å². The van der Waals surface area contributed by atoms with Crippen molar-refractivity contribution in [3.05, 3.63) is 59.1 Å². The second-order valence-electron chi connectivity index (χ2n) is 3.57. The molecule has 100 valence electrons. The third-order valence-corrected chi connectivity index (χ3v) is 3.68. The Morgan fingerprint density at radius 1 is 1.05 bits per heavy atom. The SMILES string of the molecule is O=S(=O)(Oc1cccc(F)c1)c1ccc(Cl)cc1F. The topological polar surface area (TPSA) is 43.4 Å². The van der Waals surface area contributed by atoms with Crippen molar-refractivity contribution in [3.8, 4) is 5.75 Å². The van der Waals surface area contributed by atoms with Crippen molar-refractivity contribution in [2.24, 2.45) is 0 Å². The largest absolute Gasteiger partial charge is 0.379 e. The lowest BCUT2D eigenvalue weighted by atomic mass is 10.3. The minimum Gasteiger partial charge on any atom is -0.379 e. The number of hydrogen-bond acceptors (Lipinski definition) is 3. The summed E-state index contributed by atoms with van der Waals surface area (Å²) in [6, 6.07) is 7.57. The highest BCUT2D eigenvalue weighted by Gasteiger charge is 2.21. The maximum absolute atomic E-state index is 13.5. The van der Waals surface area contributed by atoms with Crippen LogP contribution >= 0.6 is 11.6 Å². The Kier molecular flexibility index (Phi) is 3.73. The average molecular weight is 305 g/mol. The maximum atomic E-state index is 13.5. The lowest BCUT2D eigenvalue weighted by molar-refractivity contribution is 0.474. The fraction of sp³-hybridized carbons (Fsp3) is 0. The van der Waals surface area contributed by atoms with E-state index in [0.29, 0.717) is 0 Å². The molecule has 0 unspecified atom stereocenters. The van der Waals surface area contributed by atoms with Gasteiger partial charge in [0.05, 0.1) is 0 Å². The van der Waals surface area contributed by atoms with Crippen LogP contribution in [0.25, 0.3) is 0 Å². The van der Waals surface area contributed by atoms with E-state index in [4.69, 9.17) is 11.6 Å². The molecular formula is C12H7ClF2O3S. The quantitative estimate of drug-likeness (QED) is 0.816. The molecule has 2 rings (SSSR count). The molecule has 0 heterocycles. The summed E-state index contributed by atoms with van der Waals surface area (Å²) >= 11 is 5.52. The number of benzene rings is 2. The van der Waals surface area contributed by atoms with Crippen LogP contribution in [0.3, 0.4) is 0 Å². The van der Waals surface area contributed by atoms with Crippen molar-refractivity contribution < 1.29 is 21.4 Å². The first-order valence-electron chi connectivity index (χ1n) is 5.03. The Morgan fingerprint density at radius 3 is 2.42 bits per heavy atom. The highest BCUT2D eigenvalue weighted by atomic mass is 35.5. The summed E-state index contributed by atoms with van der Waals surface area (Å²) in [5.41, 5.74) is 0. The van der Waals surface area contributed by atoms with E-state index in [9.17, 15) is 17.2 Å². The number of hydrogen-bond donors (Lipinski definition) is 0. The minimum atomic E-state index is -4.38. The molecule has 0 fully saturated rings. The molecule has 0 saturated heterocycles. The van der Waals surface area contributed by atoms with E-state index in [-0.39, 0.29) is 10.8 Å². The van der Waals surface area contributed by atoms with Gasteiger partial charge in [0.15, 0.2) is 0 Å². The Labute approximate surface area is 113 Å². The minimum absolute atomic E-state index is 0.0576. The normalized spacial score (nSPS) is 11.3. The molecule has 2 aromatic carbocycles. The molecule has 0 spiro atoms. The summed E-state index contributed by atoms with van der Waals surface area (Å²) in [5, 5.41) is 0.0576. The first-order chi connectivity index (χ1) is 8.88. The Hall–Kier alpha value is -1.66. The fourth-order valence-electron chi connectivity index (χ4n) is 1.37. The molecule has 0 N–H and O–H groups in total. The molecular weight excluding hydrogens is 298 g/mol. The van der Waals surface area contributed by atoms with E-state index in [1.807, 2.05) is 0 Å². The van der Waals surface area contributed by atoms with Crippen molar-refractivity contribution in [1.29, 1.82) is 0 Å². The lowest BCUT2D eigenvalue weighted by Gasteiger charge is -2.07. The van der Waals surface area contributed by atoms with Crippen LogP contribution in [0.5, 0.6) is 5.75 Å². The molecule has 2 aromatic rings. The third-order valence-electron chi connectivity index (χ3n) is 2.17. The zero-order valence-electron chi connectivity index (χ0n) is 9.31. The standard InChI is InChI=1S/C12H7ClF2O3S/c13-8-4-5-12(11(15)6-8)19(16,17)18-10-3-1-2-9(14)7-10/h1-7H.